The number of hydrogen-bond donors (Lipinski definition) is 1. The molecule has 4 aromatic rings. The van der Waals surface area contributed by atoms with Gasteiger partial charge in [0.25, 0.3) is 5.91 Å². The molecule has 0 spiro atoms. The minimum Gasteiger partial charge on any atom is -0.466 e. The molecule has 4 aromatic carbocycles. The van der Waals surface area contributed by atoms with Crippen molar-refractivity contribution in [2.45, 2.75) is 31.0 Å². The highest BCUT2D eigenvalue weighted by Crippen LogP contribution is 2.34. The Hall–Kier alpha value is -4.96. The zero-order chi connectivity index (χ0) is 32.7. The summed E-state index contributed by atoms with van der Waals surface area (Å²) in [5.41, 5.74) is 3.11. The Morgan fingerprint density at radius 1 is 0.848 bits per heavy atom. The number of methoxy groups -OCH3 is 1. The van der Waals surface area contributed by atoms with Crippen LogP contribution in [0.4, 0.5) is 18.9 Å². The number of carbonyl (C=O) groups excluding carboxylic acids is 3. The van der Waals surface area contributed by atoms with Gasteiger partial charge in [-0.2, -0.15) is 13.2 Å². The average Bonchev–Trinajstić information content (AvgIpc) is 3.08. The van der Waals surface area contributed by atoms with Crippen LogP contribution in [0.5, 0.6) is 0 Å². The molecule has 1 aliphatic rings. The normalized spacial score (nSPS) is 14.7. The zero-order valence-electron chi connectivity index (χ0n) is 25.1. The van der Waals surface area contributed by atoms with Gasteiger partial charge in [-0.1, -0.05) is 72.8 Å². The molecule has 0 radical (unpaired) electrons. The Bertz CT molecular complexity index is 1650. The van der Waals surface area contributed by atoms with Gasteiger partial charge in [-0.05, 0) is 84.4 Å². The molecule has 0 saturated carbocycles. The van der Waals surface area contributed by atoms with Gasteiger partial charge < -0.3 is 14.8 Å². The van der Waals surface area contributed by atoms with Gasteiger partial charge in [0, 0.05) is 11.3 Å². The topological polar surface area (TPSA) is 84.9 Å². The lowest BCUT2D eigenvalue weighted by molar-refractivity contribution is -0.161. The average molecular weight is 631 g/mol. The van der Waals surface area contributed by atoms with E-state index in [1.807, 2.05) is 54.6 Å². The zero-order valence-corrected chi connectivity index (χ0v) is 25.1. The van der Waals surface area contributed by atoms with E-state index in [-0.39, 0.29) is 11.8 Å². The molecule has 46 heavy (non-hydrogen) atoms. The summed E-state index contributed by atoms with van der Waals surface area (Å²) in [5, 5.41) is 2.90. The lowest BCUT2D eigenvalue weighted by atomic mass is 9.88. The Kier molecular flexibility index (Phi) is 10.2. The molecule has 238 valence electrons. The Balaban J connectivity index is 1.22. The molecule has 0 bridgehead atoms. The summed E-state index contributed by atoms with van der Waals surface area (Å²) in [6.07, 6.45) is -2.86. The number of halogens is 3. The standard InChI is InChI=1S/C36H33F3N2O5/c1-45-32(42)23-46-35(44)33(27-7-3-2-4-8-27)41-21-19-25(20-22-41)24-13-17-29(18-14-24)40-34(43)31-10-6-5-9-30(31)26-11-15-28(16-12-26)36(37,38)39/h2-18,25,33H,19-23H2,1H3,(H,40,43). The fourth-order valence-corrected chi connectivity index (χ4v) is 5.70. The van der Waals surface area contributed by atoms with Gasteiger partial charge in [0.05, 0.1) is 12.7 Å². The molecule has 0 aliphatic carbocycles. The second-order valence-electron chi connectivity index (χ2n) is 11.0. The number of hydrogen-bond acceptors (Lipinski definition) is 6. The summed E-state index contributed by atoms with van der Waals surface area (Å²) >= 11 is 0. The van der Waals surface area contributed by atoms with Crippen LogP contribution in [0.15, 0.2) is 103 Å². The number of benzene rings is 4. The SMILES string of the molecule is COC(=O)COC(=O)C(c1ccccc1)N1CCC(c2ccc(NC(=O)c3ccccc3-c3ccc(C(F)(F)F)cc3)cc2)CC1. The summed E-state index contributed by atoms with van der Waals surface area (Å²) in [6.45, 7) is 0.826. The van der Waals surface area contributed by atoms with Gasteiger partial charge in [-0.3, -0.25) is 9.69 Å². The monoisotopic (exact) mass is 630 g/mol. The van der Waals surface area contributed by atoms with Gasteiger partial charge in [0.2, 0.25) is 0 Å². The number of amides is 1. The van der Waals surface area contributed by atoms with Crippen molar-refractivity contribution in [2.75, 3.05) is 32.1 Å². The highest BCUT2D eigenvalue weighted by molar-refractivity contribution is 6.08. The van der Waals surface area contributed by atoms with Gasteiger partial charge in [-0.15, -0.1) is 0 Å². The smallest absolute Gasteiger partial charge is 0.416 e. The maximum atomic E-state index is 13.2. The molecular weight excluding hydrogens is 597 g/mol. The molecule has 1 saturated heterocycles. The van der Waals surface area contributed by atoms with Crippen LogP contribution in [-0.2, 0) is 25.2 Å². The predicted molar refractivity (Wildman–Crippen MR) is 167 cm³/mol. The number of alkyl halides is 3. The molecule has 1 N–H and O–H groups in total. The number of ether oxygens (including phenoxy) is 2. The van der Waals surface area contributed by atoms with Crippen molar-refractivity contribution in [1.29, 1.82) is 0 Å². The van der Waals surface area contributed by atoms with E-state index in [4.69, 9.17) is 4.74 Å². The van der Waals surface area contributed by atoms with Gasteiger partial charge in [0.15, 0.2) is 6.61 Å². The number of anilines is 1. The molecule has 10 heteroatoms. The van der Waals surface area contributed by atoms with Crippen LogP contribution in [-0.4, -0.2) is 49.6 Å². The van der Waals surface area contributed by atoms with Crippen molar-refractivity contribution in [2.24, 2.45) is 0 Å². The molecule has 1 heterocycles. The lowest BCUT2D eigenvalue weighted by Gasteiger charge is -2.36. The largest absolute Gasteiger partial charge is 0.466 e. The van der Waals surface area contributed by atoms with E-state index in [9.17, 15) is 27.6 Å². The van der Waals surface area contributed by atoms with E-state index in [0.717, 1.165) is 36.1 Å². The van der Waals surface area contributed by atoms with Crippen LogP contribution in [0, 0.1) is 0 Å². The van der Waals surface area contributed by atoms with E-state index in [0.29, 0.717) is 35.5 Å². The molecule has 5 rings (SSSR count). The van der Waals surface area contributed by atoms with Crippen LogP contribution in [0.1, 0.15) is 51.8 Å². The summed E-state index contributed by atoms with van der Waals surface area (Å²) < 4.78 is 48.9. The molecular formula is C36H33F3N2O5. The first kappa shape index (κ1) is 32.4. The van der Waals surface area contributed by atoms with E-state index >= 15 is 0 Å². The fourth-order valence-electron chi connectivity index (χ4n) is 5.70. The van der Waals surface area contributed by atoms with Crippen molar-refractivity contribution >= 4 is 23.5 Å². The summed E-state index contributed by atoms with van der Waals surface area (Å²) in [5.74, 6) is -1.26. The quantitative estimate of drug-likeness (QED) is 0.196. The number of piperidine rings is 1. The summed E-state index contributed by atoms with van der Waals surface area (Å²) in [4.78, 5) is 39.9. The molecule has 1 fully saturated rings. The Morgan fingerprint density at radius 3 is 2.11 bits per heavy atom. The maximum absolute atomic E-state index is 13.2. The molecule has 1 amide bonds. The first-order valence-electron chi connectivity index (χ1n) is 14.8. The van der Waals surface area contributed by atoms with E-state index < -0.39 is 36.3 Å². The van der Waals surface area contributed by atoms with Crippen LogP contribution < -0.4 is 5.32 Å². The Morgan fingerprint density at radius 2 is 1.48 bits per heavy atom. The van der Waals surface area contributed by atoms with E-state index in [1.165, 1.54) is 19.2 Å². The Labute approximate surface area is 264 Å². The summed E-state index contributed by atoms with van der Waals surface area (Å²) in [6, 6.07) is 27.8. The van der Waals surface area contributed by atoms with Crippen molar-refractivity contribution in [3.63, 3.8) is 0 Å². The van der Waals surface area contributed by atoms with Crippen LogP contribution in [0.2, 0.25) is 0 Å². The van der Waals surface area contributed by atoms with Crippen molar-refractivity contribution in [3.05, 3.63) is 125 Å². The minimum absolute atomic E-state index is 0.240. The van der Waals surface area contributed by atoms with Crippen LogP contribution >= 0.6 is 0 Å². The number of likely N-dealkylation sites (tertiary alicyclic amines) is 1. The third-order valence-corrected chi connectivity index (χ3v) is 8.13. The molecule has 0 aromatic heterocycles. The van der Waals surface area contributed by atoms with Crippen LogP contribution in [0.25, 0.3) is 11.1 Å². The highest BCUT2D eigenvalue weighted by atomic mass is 19.4. The van der Waals surface area contributed by atoms with Gasteiger partial charge in [0.1, 0.15) is 6.04 Å². The van der Waals surface area contributed by atoms with E-state index in [2.05, 4.69) is 15.0 Å². The number of nitrogens with one attached hydrogen (secondary N) is 1. The third kappa shape index (κ3) is 7.81. The fraction of sp³-hybridized carbons (Fsp3) is 0.250. The van der Waals surface area contributed by atoms with Gasteiger partial charge in [-0.25, -0.2) is 9.59 Å². The number of carbonyl (C=O) groups is 3. The minimum atomic E-state index is -4.44. The second kappa shape index (κ2) is 14.4. The second-order valence-corrected chi connectivity index (χ2v) is 11.0. The highest BCUT2D eigenvalue weighted by Gasteiger charge is 2.33. The number of rotatable bonds is 9. The molecule has 1 unspecified atom stereocenters. The number of esters is 2. The van der Waals surface area contributed by atoms with Crippen LogP contribution in [0.3, 0.4) is 0 Å². The molecule has 7 nitrogen and oxygen atoms in total. The van der Waals surface area contributed by atoms with Crippen molar-refractivity contribution < 1.29 is 37.0 Å². The van der Waals surface area contributed by atoms with Crippen molar-refractivity contribution in [3.8, 4) is 11.1 Å². The predicted octanol–water partition coefficient (Wildman–Crippen LogP) is 7.26. The lowest BCUT2D eigenvalue weighted by Crippen LogP contribution is -2.40. The first-order valence-corrected chi connectivity index (χ1v) is 14.8. The molecule has 1 atom stereocenters. The third-order valence-electron chi connectivity index (χ3n) is 8.13. The molecule has 1 aliphatic heterocycles. The first-order chi connectivity index (χ1) is 22.1. The maximum Gasteiger partial charge on any atom is 0.416 e. The van der Waals surface area contributed by atoms with Crippen molar-refractivity contribution in [1.82, 2.24) is 4.90 Å². The number of nitrogens with zero attached hydrogens (tertiary/aromatic N) is 1. The summed E-state index contributed by atoms with van der Waals surface area (Å²) in [7, 11) is 1.24. The van der Waals surface area contributed by atoms with E-state index in [1.54, 1.807) is 24.3 Å². The van der Waals surface area contributed by atoms with Gasteiger partial charge >= 0.3 is 18.1 Å².